The number of carbonyl (C=O) groups is 1. The molecule has 0 aliphatic rings. The molecule has 0 unspecified atom stereocenters. The number of carbonyl (C=O) groups excluding carboxylic acids is 1. The van der Waals surface area contributed by atoms with Gasteiger partial charge in [0.2, 0.25) is 0 Å². The second-order valence-electron chi connectivity index (χ2n) is 2.69. The number of phenols is 1. The van der Waals surface area contributed by atoms with E-state index in [0.29, 0.717) is 4.47 Å². The molecule has 0 aromatic heterocycles. The number of nitrogens with zero attached hydrogens (tertiary/aromatic N) is 1. The summed E-state index contributed by atoms with van der Waals surface area (Å²) in [6, 6.07) is 4.49. The fourth-order valence-electron chi connectivity index (χ4n) is 1.02. The molecule has 0 amide bonds. The number of rotatable bonds is 2. The maximum atomic E-state index is 11.3. The second kappa shape index (κ2) is 4.80. The van der Waals surface area contributed by atoms with Crippen LogP contribution in [0.1, 0.15) is 22.8 Å². The van der Waals surface area contributed by atoms with Gasteiger partial charge in [-0.05, 0) is 35.0 Å². The molecule has 0 saturated heterocycles. The quantitative estimate of drug-likeness (QED) is 0.836. The van der Waals surface area contributed by atoms with Crippen LogP contribution in [-0.4, -0.2) is 17.7 Å². The SMILES string of the molecule is CCOC(=O)c1cc(Br)c(O)c(C#N)c1. The number of benzene rings is 1. The molecule has 5 heteroatoms. The van der Waals surface area contributed by atoms with E-state index in [0.717, 1.165) is 0 Å². The van der Waals surface area contributed by atoms with Gasteiger partial charge in [0.1, 0.15) is 11.8 Å². The lowest BCUT2D eigenvalue weighted by Crippen LogP contribution is -2.05. The third-order valence-electron chi connectivity index (χ3n) is 1.69. The largest absolute Gasteiger partial charge is 0.505 e. The van der Waals surface area contributed by atoms with Gasteiger partial charge in [0.25, 0.3) is 0 Å². The van der Waals surface area contributed by atoms with Gasteiger partial charge in [-0.25, -0.2) is 4.79 Å². The van der Waals surface area contributed by atoms with Crippen LogP contribution in [-0.2, 0) is 4.74 Å². The maximum Gasteiger partial charge on any atom is 0.338 e. The Balaban J connectivity index is 3.18. The summed E-state index contributed by atoms with van der Waals surface area (Å²) in [6.45, 7) is 1.96. The lowest BCUT2D eigenvalue weighted by Gasteiger charge is -2.04. The first-order valence-corrected chi connectivity index (χ1v) is 4.99. The first-order chi connectivity index (χ1) is 7.10. The second-order valence-corrected chi connectivity index (χ2v) is 3.54. The number of hydrogen-bond donors (Lipinski definition) is 1. The summed E-state index contributed by atoms with van der Waals surface area (Å²) >= 11 is 3.05. The lowest BCUT2D eigenvalue weighted by atomic mass is 10.1. The zero-order valence-corrected chi connectivity index (χ0v) is 9.54. The van der Waals surface area contributed by atoms with Crippen LogP contribution < -0.4 is 0 Å². The molecule has 1 aromatic carbocycles. The molecule has 0 fully saturated rings. The minimum atomic E-state index is -0.519. The van der Waals surface area contributed by atoms with Crippen LogP contribution in [0.25, 0.3) is 0 Å². The van der Waals surface area contributed by atoms with Gasteiger partial charge in [0, 0.05) is 0 Å². The number of aromatic hydroxyl groups is 1. The minimum Gasteiger partial charge on any atom is -0.505 e. The third kappa shape index (κ3) is 2.48. The third-order valence-corrected chi connectivity index (χ3v) is 2.30. The van der Waals surface area contributed by atoms with Crippen molar-refractivity contribution in [3.63, 3.8) is 0 Å². The highest BCUT2D eigenvalue weighted by atomic mass is 79.9. The highest BCUT2D eigenvalue weighted by Gasteiger charge is 2.13. The molecule has 0 saturated carbocycles. The van der Waals surface area contributed by atoms with Gasteiger partial charge >= 0.3 is 5.97 Å². The van der Waals surface area contributed by atoms with Gasteiger partial charge in [-0.3, -0.25) is 0 Å². The Morgan fingerprint density at radius 3 is 2.87 bits per heavy atom. The van der Waals surface area contributed by atoms with Crippen molar-refractivity contribution in [1.29, 1.82) is 5.26 Å². The summed E-state index contributed by atoms with van der Waals surface area (Å²) in [6.07, 6.45) is 0. The molecule has 15 heavy (non-hydrogen) atoms. The Morgan fingerprint density at radius 2 is 2.33 bits per heavy atom. The van der Waals surface area contributed by atoms with Crippen LogP contribution in [0.5, 0.6) is 5.75 Å². The molecule has 1 aromatic rings. The highest BCUT2D eigenvalue weighted by Crippen LogP contribution is 2.29. The zero-order chi connectivity index (χ0) is 11.4. The monoisotopic (exact) mass is 269 g/mol. The topological polar surface area (TPSA) is 70.3 Å². The normalized spacial score (nSPS) is 9.40. The summed E-state index contributed by atoms with van der Waals surface area (Å²) in [5, 5.41) is 18.1. The van der Waals surface area contributed by atoms with Crippen molar-refractivity contribution < 1.29 is 14.6 Å². The summed E-state index contributed by atoms with van der Waals surface area (Å²) in [5.74, 6) is -0.694. The molecule has 0 aliphatic heterocycles. The molecule has 0 heterocycles. The van der Waals surface area contributed by atoms with Gasteiger partial charge in [-0.15, -0.1) is 0 Å². The van der Waals surface area contributed by atoms with Crippen LogP contribution in [0.2, 0.25) is 0 Å². The maximum absolute atomic E-state index is 11.3. The van der Waals surface area contributed by atoms with Gasteiger partial charge in [0.05, 0.1) is 22.2 Å². The predicted octanol–water partition coefficient (Wildman–Crippen LogP) is 2.20. The summed E-state index contributed by atoms with van der Waals surface area (Å²) in [5.41, 5.74) is 0.269. The van der Waals surface area contributed by atoms with E-state index in [1.54, 1.807) is 13.0 Å². The van der Waals surface area contributed by atoms with Gasteiger partial charge in [-0.2, -0.15) is 5.26 Å². The average Bonchev–Trinajstić information content (AvgIpc) is 2.22. The first kappa shape index (κ1) is 11.5. The van der Waals surface area contributed by atoms with Crippen LogP contribution >= 0.6 is 15.9 Å². The molecule has 1 rings (SSSR count). The number of hydrogen-bond acceptors (Lipinski definition) is 4. The van der Waals surface area contributed by atoms with E-state index in [-0.39, 0.29) is 23.5 Å². The zero-order valence-electron chi connectivity index (χ0n) is 7.95. The van der Waals surface area contributed by atoms with Gasteiger partial charge < -0.3 is 9.84 Å². The Hall–Kier alpha value is -1.54. The van der Waals surface area contributed by atoms with Crippen molar-refractivity contribution in [2.45, 2.75) is 6.92 Å². The first-order valence-electron chi connectivity index (χ1n) is 4.19. The van der Waals surface area contributed by atoms with Crippen molar-refractivity contribution in [2.24, 2.45) is 0 Å². The van der Waals surface area contributed by atoms with E-state index in [1.807, 2.05) is 0 Å². The molecule has 78 valence electrons. The van der Waals surface area contributed by atoms with Crippen molar-refractivity contribution in [3.05, 3.63) is 27.7 Å². The van der Waals surface area contributed by atoms with E-state index >= 15 is 0 Å². The van der Waals surface area contributed by atoms with Crippen molar-refractivity contribution in [3.8, 4) is 11.8 Å². The average molecular weight is 270 g/mol. The number of phenolic OH excluding ortho intramolecular Hbond substituents is 1. The molecule has 0 aliphatic carbocycles. The lowest BCUT2D eigenvalue weighted by molar-refractivity contribution is 0.0526. The summed E-state index contributed by atoms with van der Waals surface area (Å²) in [7, 11) is 0. The Kier molecular flexibility index (Phi) is 3.69. The Bertz CT molecular complexity index is 437. The van der Waals surface area contributed by atoms with E-state index < -0.39 is 5.97 Å². The number of halogens is 1. The fraction of sp³-hybridized carbons (Fsp3) is 0.200. The summed E-state index contributed by atoms with van der Waals surface area (Å²) in [4.78, 5) is 11.3. The fourth-order valence-corrected chi connectivity index (χ4v) is 1.48. The molecule has 0 bridgehead atoms. The Labute approximate surface area is 95.2 Å². The standard InChI is InChI=1S/C10H8BrNO3/c1-2-15-10(14)6-3-7(5-12)9(13)8(11)4-6/h3-4,13H,2H2,1H3. The van der Waals surface area contributed by atoms with Crippen molar-refractivity contribution in [1.82, 2.24) is 0 Å². The highest BCUT2D eigenvalue weighted by molar-refractivity contribution is 9.10. The molecule has 0 atom stereocenters. The van der Waals surface area contributed by atoms with Gasteiger partial charge in [0.15, 0.2) is 0 Å². The van der Waals surface area contributed by atoms with Crippen molar-refractivity contribution in [2.75, 3.05) is 6.61 Å². The number of ether oxygens (including phenoxy) is 1. The molecular weight excluding hydrogens is 262 g/mol. The van der Waals surface area contributed by atoms with E-state index in [9.17, 15) is 9.90 Å². The van der Waals surface area contributed by atoms with E-state index in [4.69, 9.17) is 10.00 Å². The van der Waals surface area contributed by atoms with Crippen LogP contribution in [0.4, 0.5) is 0 Å². The van der Waals surface area contributed by atoms with E-state index in [2.05, 4.69) is 15.9 Å². The molecule has 0 radical (unpaired) electrons. The van der Waals surface area contributed by atoms with E-state index in [1.165, 1.54) is 12.1 Å². The molecule has 1 N–H and O–H groups in total. The minimum absolute atomic E-state index is 0.0347. The molecular formula is C10H8BrNO3. The molecule has 0 spiro atoms. The molecule has 4 nitrogen and oxygen atoms in total. The predicted molar refractivity (Wildman–Crippen MR) is 56.5 cm³/mol. The number of esters is 1. The van der Waals surface area contributed by atoms with Gasteiger partial charge in [-0.1, -0.05) is 0 Å². The number of nitriles is 1. The smallest absolute Gasteiger partial charge is 0.338 e. The van der Waals surface area contributed by atoms with Crippen LogP contribution in [0, 0.1) is 11.3 Å². The van der Waals surface area contributed by atoms with Crippen molar-refractivity contribution >= 4 is 21.9 Å². The Morgan fingerprint density at radius 1 is 1.67 bits per heavy atom. The van der Waals surface area contributed by atoms with Crippen LogP contribution in [0.3, 0.4) is 0 Å². The van der Waals surface area contributed by atoms with Crippen LogP contribution in [0.15, 0.2) is 16.6 Å². The summed E-state index contributed by atoms with van der Waals surface area (Å²) < 4.78 is 5.07.